The van der Waals surface area contributed by atoms with Crippen LogP contribution in [-0.2, 0) is 5.60 Å². The molecule has 1 unspecified atom stereocenters. The molecule has 2 aromatic rings. The highest BCUT2D eigenvalue weighted by atomic mass is 79.9. The molecule has 0 bridgehead atoms. The molecule has 3 heteroatoms. The minimum Gasteiger partial charge on any atom is -0.494 e. The van der Waals surface area contributed by atoms with Gasteiger partial charge < -0.3 is 9.84 Å². The van der Waals surface area contributed by atoms with Crippen LogP contribution in [0.3, 0.4) is 0 Å². The zero-order valence-electron chi connectivity index (χ0n) is 11.8. The number of halogens is 1. The molecule has 0 saturated carbocycles. The monoisotopic (exact) mass is 334 g/mol. The Labute approximate surface area is 128 Å². The second kappa shape index (κ2) is 6.42. The Balaban J connectivity index is 2.28. The topological polar surface area (TPSA) is 29.5 Å². The summed E-state index contributed by atoms with van der Waals surface area (Å²) in [5.74, 6) is 0.832. The number of hydrogen-bond acceptors (Lipinski definition) is 2. The molecular formula is C17H19BrO2. The summed E-state index contributed by atoms with van der Waals surface area (Å²) in [5.41, 5.74) is 0.652. The van der Waals surface area contributed by atoms with Crippen LogP contribution in [0.5, 0.6) is 5.75 Å². The van der Waals surface area contributed by atoms with E-state index in [1.165, 1.54) is 0 Å². The average molecular weight is 335 g/mol. The van der Waals surface area contributed by atoms with Gasteiger partial charge in [-0.1, -0.05) is 53.2 Å². The van der Waals surface area contributed by atoms with E-state index in [-0.39, 0.29) is 0 Å². The van der Waals surface area contributed by atoms with Crippen LogP contribution in [0.1, 0.15) is 31.4 Å². The molecule has 0 radical (unpaired) electrons. The first-order chi connectivity index (χ1) is 9.55. The maximum absolute atomic E-state index is 10.8. The SMILES string of the molecule is CCCOc1ccc(C(C)(O)c2ccccc2Br)cc1. The lowest BCUT2D eigenvalue weighted by molar-refractivity contribution is 0.101. The van der Waals surface area contributed by atoms with Crippen LogP contribution in [0, 0.1) is 0 Å². The lowest BCUT2D eigenvalue weighted by Gasteiger charge is -2.26. The molecular weight excluding hydrogens is 316 g/mol. The first-order valence-corrected chi connectivity index (χ1v) is 7.55. The van der Waals surface area contributed by atoms with Gasteiger partial charge in [-0.3, -0.25) is 0 Å². The highest BCUT2D eigenvalue weighted by molar-refractivity contribution is 9.10. The van der Waals surface area contributed by atoms with Gasteiger partial charge in [0.05, 0.1) is 6.61 Å². The van der Waals surface area contributed by atoms with E-state index in [4.69, 9.17) is 4.74 Å². The first-order valence-electron chi connectivity index (χ1n) is 6.76. The van der Waals surface area contributed by atoms with E-state index < -0.39 is 5.60 Å². The molecule has 1 N–H and O–H groups in total. The Hall–Kier alpha value is -1.32. The fourth-order valence-corrected chi connectivity index (χ4v) is 2.78. The molecule has 0 spiro atoms. The molecule has 106 valence electrons. The number of aliphatic hydroxyl groups is 1. The third-order valence-electron chi connectivity index (χ3n) is 3.29. The molecule has 0 amide bonds. The maximum Gasteiger partial charge on any atom is 0.119 e. The lowest BCUT2D eigenvalue weighted by Crippen LogP contribution is -2.23. The number of ether oxygens (including phenoxy) is 1. The van der Waals surface area contributed by atoms with Crippen LogP contribution in [0.4, 0.5) is 0 Å². The highest BCUT2D eigenvalue weighted by Gasteiger charge is 2.27. The van der Waals surface area contributed by atoms with Crippen LogP contribution in [0.2, 0.25) is 0 Å². The van der Waals surface area contributed by atoms with Crippen LogP contribution in [0.15, 0.2) is 53.0 Å². The Morgan fingerprint density at radius 2 is 1.75 bits per heavy atom. The van der Waals surface area contributed by atoms with Gasteiger partial charge >= 0.3 is 0 Å². The summed E-state index contributed by atoms with van der Waals surface area (Å²) in [4.78, 5) is 0. The predicted octanol–water partition coefficient (Wildman–Crippen LogP) is 4.49. The van der Waals surface area contributed by atoms with Crippen molar-refractivity contribution in [2.75, 3.05) is 6.61 Å². The second-order valence-corrected chi connectivity index (χ2v) is 5.78. The fourth-order valence-electron chi connectivity index (χ4n) is 2.11. The molecule has 0 aromatic heterocycles. The summed E-state index contributed by atoms with van der Waals surface area (Å²) in [5, 5.41) is 10.8. The molecule has 0 fully saturated rings. The molecule has 0 heterocycles. The third kappa shape index (κ3) is 3.22. The van der Waals surface area contributed by atoms with Crippen molar-refractivity contribution in [3.63, 3.8) is 0 Å². The third-order valence-corrected chi connectivity index (χ3v) is 3.98. The molecule has 0 aliphatic carbocycles. The quantitative estimate of drug-likeness (QED) is 0.872. The van der Waals surface area contributed by atoms with Crippen molar-refractivity contribution in [3.8, 4) is 5.75 Å². The van der Waals surface area contributed by atoms with E-state index >= 15 is 0 Å². The summed E-state index contributed by atoms with van der Waals surface area (Å²) in [7, 11) is 0. The minimum atomic E-state index is -1.04. The normalized spacial score (nSPS) is 13.8. The van der Waals surface area contributed by atoms with Gasteiger partial charge in [-0.05, 0) is 37.1 Å². The van der Waals surface area contributed by atoms with Crippen molar-refractivity contribution in [1.29, 1.82) is 0 Å². The summed E-state index contributed by atoms with van der Waals surface area (Å²) in [6.07, 6.45) is 0.983. The van der Waals surface area contributed by atoms with E-state index in [2.05, 4.69) is 22.9 Å². The van der Waals surface area contributed by atoms with Gasteiger partial charge in [-0.15, -0.1) is 0 Å². The summed E-state index contributed by atoms with van der Waals surface area (Å²) in [6.45, 7) is 4.58. The molecule has 0 aliphatic rings. The standard InChI is InChI=1S/C17H19BrO2/c1-3-12-20-14-10-8-13(9-11-14)17(2,19)15-6-4-5-7-16(15)18/h4-11,19H,3,12H2,1-2H3. The molecule has 20 heavy (non-hydrogen) atoms. The average Bonchev–Trinajstić information content (AvgIpc) is 2.46. The van der Waals surface area contributed by atoms with Gasteiger partial charge in [0, 0.05) is 10.0 Å². The second-order valence-electron chi connectivity index (χ2n) is 4.92. The van der Waals surface area contributed by atoms with Crippen molar-refractivity contribution < 1.29 is 9.84 Å². The molecule has 2 nitrogen and oxygen atoms in total. The number of rotatable bonds is 5. The Kier molecular flexibility index (Phi) is 4.84. The van der Waals surface area contributed by atoms with Gasteiger partial charge in [0.25, 0.3) is 0 Å². The van der Waals surface area contributed by atoms with Crippen LogP contribution in [0.25, 0.3) is 0 Å². The van der Waals surface area contributed by atoms with Crippen molar-refractivity contribution in [3.05, 3.63) is 64.1 Å². The van der Waals surface area contributed by atoms with Crippen molar-refractivity contribution in [2.24, 2.45) is 0 Å². The predicted molar refractivity (Wildman–Crippen MR) is 85.0 cm³/mol. The Morgan fingerprint density at radius 3 is 2.35 bits per heavy atom. The zero-order valence-corrected chi connectivity index (χ0v) is 13.4. The fraction of sp³-hybridized carbons (Fsp3) is 0.294. The molecule has 2 aromatic carbocycles. The van der Waals surface area contributed by atoms with E-state index in [9.17, 15) is 5.11 Å². The first kappa shape index (κ1) is 15.1. The van der Waals surface area contributed by atoms with E-state index in [0.717, 1.165) is 27.8 Å². The van der Waals surface area contributed by atoms with Gasteiger partial charge in [0.1, 0.15) is 11.4 Å². The molecule has 0 aliphatic heterocycles. The lowest BCUT2D eigenvalue weighted by atomic mass is 9.88. The largest absolute Gasteiger partial charge is 0.494 e. The molecule has 0 saturated heterocycles. The maximum atomic E-state index is 10.8. The Morgan fingerprint density at radius 1 is 1.10 bits per heavy atom. The van der Waals surface area contributed by atoms with E-state index in [1.807, 2.05) is 48.5 Å². The van der Waals surface area contributed by atoms with E-state index in [1.54, 1.807) is 6.92 Å². The smallest absolute Gasteiger partial charge is 0.119 e. The summed E-state index contributed by atoms with van der Waals surface area (Å²) < 4.78 is 6.46. The van der Waals surface area contributed by atoms with Crippen molar-refractivity contribution in [2.45, 2.75) is 25.9 Å². The number of hydrogen-bond donors (Lipinski definition) is 1. The summed E-state index contributed by atoms with van der Waals surface area (Å²) >= 11 is 3.49. The van der Waals surface area contributed by atoms with Gasteiger partial charge in [-0.25, -0.2) is 0 Å². The van der Waals surface area contributed by atoms with Gasteiger partial charge in [0.15, 0.2) is 0 Å². The highest BCUT2D eigenvalue weighted by Crippen LogP contribution is 2.34. The Bertz CT molecular complexity index is 561. The van der Waals surface area contributed by atoms with Gasteiger partial charge in [-0.2, -0.15) is 0 Å². The van der Waals surface area contributed by atoms with E-state index in [0.29, 0.717) is 6.61 Å². The minimum absolute atomic E-state index is 0.708. The molecule has 2 rings (SSSR count). The van der Waals surface area contributed by atoms with Crippen molar-refractivity contribution in [1.82, 2.24) is 0 Å². The van der Waals surface area contributed by atoms with Crippen LogP contribution >= 0.6 is 15.9 Å². The van der Waals surface area contributed by atoms with Crippen molar-refractivity contribution >= 4 is 15.9 Å². The number of benzene rings is 2. The van der Waals surface area contributed by atoms with Gasteiger partial charge in [0.2, 0.25) is 0 Å². The zero-order chi connectivity index (χ0) is 14.6. The molecule has 1 atom stereocenters. The van der Waals surface area contributed by atoms with Crippen LogP contribution < -0.4 is 4.74 Å². The van der Waals surface area contributed by atoms with Crippen LogP contribution in [-0.4, -0.2) is 11.7 Å². The summed E-state index contributed by atoms with van der Waals surface area (Å²) in [6, 6.07) is 15.3.